The highest BCUT2D eigenvalue weighted by Crippen LogP contribution is 2.29. The summed E-state index contributed by atoms with van der Waals surface area (Å²) in [6.07, 6.45) is 0.386. The van der Waals surface area contributed by atoms with Crippen LogP contribution in [0.5, 0.6) is 11.5 Å². The van der Waals surface area contributed by atoms with E-state index < -0.39 is 18.3 Å². The van der Waals surface area contributed by atoms with Crippen molar-refractivity contribution in [3.63, 3.8) is 0 Å². The predicted octanol–water partition coefficient (Wildman–Crippen LogP) is 3.63. The summed E-state index contributed by atoms with van der Waals surface area (Å²) in [6.45, 7) is -1.01. The number of ketones is 1. The number of aryl methyl sites for hydroxylation is 1. The minimum atomic E-state index is -2.95. The van der Waals surface area contributed by atoms with Crippen molar-refractivity contribution < 1.29 is 27.8 Å². The Morgan fingerprint density at radius 2 is 1.90 bits per heavy atom. The van der Waals surface area contributed by atoms with E-state index in [-0.39, 0.29) is 18.0 Å². The van der Waals surface area contributed by atoms with Gasteiger partial charge in [-0.05, 0) is 37.1 Å². The van der Waals surface area contributed by atoms with Crippen LogP contribution in [0.3, 0.4) is 0 Å². The second-order valence-corrected chi connectivity index (χ2v) is 6.37. The molecule has 1 heterocycles. The van der Waals surface area contributed by atoms with Crippen molar-refractivity contribution in [2.24, 2.45) is 0 Å². The molecule has 0 atom stereocenters. The molecule has 0 saturated carbocycles. The summed E-state index contributed by atoms with van der Waals surface area (Å²) >= 11 is 0. The lowest BCUT2D eigenvalue weighted by molar-refractivity contribution is -0.116. The van der Waals surface area contributed by atoms with Crippen LogP contribution in [0.25, 0.3) is 10.9 Å². The molecule has 0 aliphatic heterocycles. The Hall–Kier alpha value is -3.42. The Kier molecular flexibility index (Phi) is 6.11. The Balaban J connectivity index is 1.63. The van der Waals surface area contributed by atoms with E-state index in [0.29, 0.717) is 23.1 Å². The SMILES string of the molecule is COc1cc(CCNC(=O)C(=O)c2c(C)[nH]c3ccccc23)ccc1OC(F)F. The van der Waals surface area contributed by atoms with Crippen LogP contribution in [0.2, 0.25) is 0 Å². The van der Waals surface area contributed by atoms with Crippen LogP contribution in [0, 0.1) is 6.92 Å². The molecule has 0 bridgehead atoms. The molecule has 0 aliphatic carbocycles. The fraction of sp³-hybridized carbons (Fsp3) is 0.238. The van der Waals surface area contributed by atoms with Gasteiger partial charge in [-0.15, -0.1) is 0 Å². The summed E-state index contributed by atoms with van der Waals surface area (Å²) in [5, 5.41) is 3.30. The quantitative estimate of drug-likeness (QED) is 0.445. The van der Waals surface area contributed by atoms with Gasteiger partial charge in [-0.1, -0.05) is 24.3 Å². The summed E-state index contributed by atoms with van der Waals surface area (Å²) in [7, 11) is 1.35. The van der Waals surface area contributed by atoms with E-state index >= 15 is 0 Å². The molecule has 3 aromatic rings. The van der Waals surface area contributed by atoms with Crippen LogP contribution < -0.4 is 14.8 Å². The number of methoxy groups -OCH3 is 1. The number of hydrogen-bond acceptors (Lipinski definition) is 4. The average Bonchev–Trinajstić information content (AvgIpc) is 3.03. The number of carbonyl (C=O) groups is 2. The van der Waals surface area contributed by atoms with Gasteiger partial charge < -0.3 is 19.8 Å². The fourth-order valence-electron chi connectivity index (χ4n) is 3.14. The molecule has 2 N–H and O–H groups in total. The molecule has 29 heavy (non-hydrogen) atoms. The van der Waals surface area contributed by atoms with Crippen LogP contribution >= 0.6 is 0 Å². The number of alkyl halides is 2. The molecule has 0 saturated heterocycles. The second-order valence-electron chi connectivity index (χ2n) is 6.37. The van der Waals surface area contributed by atoms with Crippen LogP contribution in [0.1, 0.15) is 21.6 Å². The third kappa shape index (κ3) is 4.53. The minimum Gasteiger partial charge on any atom is -0.493 e. The number of rotatable bonds is 8. The third-order valence-electron chi connectivity index (χ3n) is 4.47. The lowest BCUT2D eigenvalue weighted by Crippen LogP contribution is -2.32. The summed E-state index contributed by atoms with van der Waals surface area (Å²) < 4.78 is 34.2. The molecule has 152 valence electrons. The van der Waals surface area contributed by atoms with Crippen molar-refractivity contribution in [3.8, 4) is 11.5 Å². The second kappa shape index (κ2) is 8.72. The molecule has 0 radical (unpaired) electrons. The van der Waals surface area contributed by atoms with Crippen molar-refractivity contribution >= 4 is 22.6 Å². The molecular formula is C21H20F2N2O4. The smallest absolute Gasteiger partial charge is 0.387 e. The number of Topliss-reactive ketones (excluding diaryl/α,β-unsaturated/α-hetero) is 1. The predicted molar refractivity (Wildman–Crippen MR) is 104 cm³/mol. The van der Waals surface area contributed by atoms with E-state index in [2.05, 4.69) is 15.0 Å². The number of aromatic amines is 1. The first-order valence-corrected chi connectivity index (χ1v) is 8.92. The molecule has 0 aliphatic rings. The number of para-hydroxylation sites is 1. The van der Waals surface area contributed by atoms with Gasteiger partial charge in [-0.25, -0.2) is 0 Å². The lowest BCUT2D eigenvalue weighted by Gasteiger charge is -2.11. The van der Waals surface area contributed by atoms with Gasteiger partial charge in [0.25, 0.3) is 11.7 Å². The standard InChI is InChI=1S/C21H20F2N2O4/c1-12-18(14-5-3-4-6-15(14)25-12)19(26)20(27)24-10-9-13-7-8-16(29-21(22)23)17(11-13)28-2/h3-8,11,21,25H,9-10H2,1-2H3,(H,24,27). The van der Waals surface area contributed by atoms with Gasteiger partial charge in [0.05, 0.1) is 12.7 Å². The van der Waals surface area contributed by atoms with E-state index in [9.17, 15) is 18.4 Å². The van der Waals surface area contributed by atoms with Gasteiger partial charge in [-0.2, -0.15) is 8.78 Å². The number of nitrogens with one attached hydrogen (secondary N) is 2. The van der Waals surface area contributed by atoms with Crippen LogP contribution in [0.15, 0.2) is 42.5 Å². The van der Waals surface area contributed by atoms with Gasteiger partial charge in [0.1, 0.15) is 0 Å². The van der Waals surface area contributed by atoms with Crippen LogP contribution in [-0.2, 0) is 11.2 Å². The molecule has 8 heteroatoms. The van der Waals surface area contributed by atoms with Gasteiger partial charge in [0, 0.05) is 23.1 Å². The van der Waals surface area contributed by atoms with E-state index in [0.717, 1.165) is 11.1 Å². The first-order valence-electron chi connectivity index (χ1n) is 8.92. The highest BCUT2D eigenvalue weighted by atomic mass is 19.3. The molecule has 0 spiro atoms. The highest BCUT2D eigenvalue weighted by Gasteiger charge is 2.22. The number of ether oxygens (including phenoxy) is 2. The molecule has 1 amide bonds. The van der Waals surface area contributed by atoms with Crippen molar-refractivity contribution in [2.75, 3.05) is 13.7 Å². The van der Waals surface area contributed by atoms with Crippen molar-refractivity contribution in [2.45, 2.75) is 20.0 Å². The number of benzene rings is 2. The topological polar surface area (TPSA) is 80.4 Å². The normalized spacial score (nSPS) is 10.9. The number of carbonyl (C=O) groups excluding carboxylic acids is 2. The first-order chi connectivity index (χ1) is 13.9. The van der Waals surface area contributed by atoms with Crippen molar-refractivity contribution in [3.05, 3.63) is 59.3 Å². The number of aromatic nitrogens is 1. The summed E-state index contributed by atoms with van der Waals surface area (Å²) in [5.41, 5.74) is 2.51. The zero-order valence-electron chi connectivity index (χ0n) is 15.9. The number of H-pyrrole nitrogens is 1. The van der Waals surface area contributed by atoms with Gasteiger partial charge in [-0.3, -0.25) is 9.59 Å². The number of fused-ring (bicyclic) bond motifs is 1. The summed E-state index contributed by atoms with van der Waals surface area (Å²) in [6, 6.07) is 11.8. The Bertz CT molecular complexity index is 1050. The van der Waals surface area contributed by atoms with Gasteiger partial charge in [0.2, 0.25) is 0 Å². The van der Waals surface area contributed by atoms with E-state index in [1.54, 1.807) is 31.2 Å². The van der Waals surface area contributed by atoms with Gasteiger partial charge in [0.15, 0.2) is 11.5 Å². The van der Waals surface area contributed by atoms with E-state index in [1.165, 1.54) is 13.2 Å². The van der Waals surface area contributed by atoms with Crippen LogP contribution in [0.4, 0.5) is 8.78 Å². The monoisotopic (exact) mass is 402 g/mol. The molecule has 6 nitrogen and oxygen atoms in total. The molecule has 1 aromatic heterocycles. The Labute approximate surface area is 165 Å². The minimum absolute atomic E-state index is 0.0692. The lowest BCUT2D eigenvalue weighted by atomic mass is 10.1. The molecular weight excluding hydrogens is 382 g/mol. The number of hydrogen-bond donors (Lipinski definition) is 2. The molecule has 3 rings (SSSR count). The zero-order chi connectivity index (χ0) is 21.0. The first kappa shape index (κ1) is 20.3. The summed E-state index contributed by atoms with van der Waals surface area (Å²) in [4.78, 5) is 28.0. The van der Waals surface area contributed by atoms with E-state index in [1.807, 2.05) is 12.1 Å². The van der Waals surface area contributed by atoms with Crippen molar-refractivity contribution in [1.29, 1.82) is 0 Å². The maximum Gasteiger partial charge on any atom is 0.387 e. The zero-order valence-corrected chi connectivity index (χ0v) is 15.9. The van der Waals surface area contributed by atoms with Gasteiger partial charge >= 0.3 is 6.61 Å². The molecule has 0 fully saturated rings. The Morgan fingerprint density at radius 3 is 2.62 bits per heavy atom. The van der Waals surface area contributed by atoms with Crippen molar-refractivity contribution in [1.82, 2.24) is 10.3 Å². The third-order valence-corrected chi connectivity index (χ3v) is 4.47. The molecule has 2 aromatic carbocycles. The Morgan fingerprint density at radius 1 is 1.14 bits per heavy atom. The number of halogens is 2. The fourth-order valence-corrected chi connectivity index (χ4v) is 3.14. The van der Waals surface area contributed by atoms with Crippen LogP contribution in [-0.4, -0.2) is 36.9 Å². The van der Waals surface area contributed by atoms with E-state index in [4.69, 9.17) is 4.74 Å². The summed E-state index contributed by atoms with van der Waals surface area (Å²) in [5.74, 6) is -1.22. The average molecular weight is 402 g/mol. The number of amides is 1. The maximum atomic E-state index is 12.6. The maximum absolute atomic E-state index is 12.6. The highest BCUT2D eigenvalue weighted by molar-refractivity contribution is 6.45. The largest absolute Gasteiger partial charge is 0.493 e. The molecule has 0 unspecified atom stereocenters.